The lowest BCUT2D eigenvalue weighted by Gasteiger charge is -2.13. The van der Waals surface area contributed by atoms with Crippen LogP contribution in [-0.4, -0.2) is 0 Å². The molecule has 0 aromatic heterocycles. The first-order valence-electron chi connectivity index (χ1n) is 5.82. The van der Waals surface area contributed by atoms with E-state index in [1.807, 2.05) is 0 Å². The third kappa shape index (κ3) is 4.02. The van der Waals surface area contributed by atoms with Crippen molar-refractivity contribution in [2.24, 2.45) is 0 Å². The summed E-state index contributed by atoms with van der Waals surface area (Å²) in [5.74, 6) is -0.489. The van der Waals surface area contributed by atoms with E-state index in [1.54, 1.807) is 0 Å². The van der Waals surface area contributed by atoms with E-state index in [-0.39, 0.29) is 22.8 Å². The van der Waals surface area contributed by atoms with Crippen LogP contribution in [0.15, 0.2) is 36.4 Å². The first-order chi connectivity index (χ1) is 9.77. The highest BCUT2D eigenvalue weighted by molar-refractivity contribution is 6.31. The van der Waals surface area contributed by atoms with Gasteiger partial charge >= 0.3 is 6.18 Å². The van der Waals surface area contributed by atoms with E-state index in [4.69, 9.17) is 23.2 Å². The van der Waals surface area contributed by atoms with Crippen molar-refractivity contribution >= 4 is 28.9 Å². The predicted octanol–water partition coefficient (Wildman–Crippen LogP) is 5.76. The van der Waals surface area contributed by atoms with Crippen molar-refractivity contribution in [3.05, 3.63) is 63.4 Å². The summed E-state index contributed by atoms with van der Waals surface area (Å²) in [4.78, 5) is 0. The molecule has 1 nitrogen and oxygen atoms in total. The van der Waals surface area contributed by atoms with Crippen LogP contribution in [0.4, 0.5) is 23.2 Å². The topological polar surface area (TPSA) is 12.0 Å². The van der Waals surface area contributed by atoms with E-state index < -0.39 is 17.6 Å². The Morgan fingerprint density at radius 3 is 2.38 bits per heavy atom. The summed E-state index contributed by atoms with van der Waals surface area (Å²) in [6.07, 6.45) is -4.55. The second-order valence-electron chi connectivity index (χ2n) is 4.28. The molecule has 0 aliphatic rings. The Morgan fingerprint density at radius 1 is 1.00 bits per heavy atom. The molecule has 0 aliphatic carbocycles. The summed E-state index contributed by atoms with van der Waals surface area (Å²) in [5, 5.41) is 2.67. The van der Waals surface area contributed by atoms with Crippen molar-refractivity contribution in [3.63, 3.8) is 0 Å². The monoisotopic (exact) mass is 337 g/mol. The van der Waals surface area contributed by atoms with E-state index in [0.717, 1.165) is 12.1 Å². The summed E-state index contributed by atoms with van der Waals surface area (Å²) in [5.41, 5.74) is -0.502. The summed E-state index contributed by atoms with van der Waals surface area (Å²) < 4.78 is 51.7. The first-order valence-corrected chi connectivity index (χ1v) is 6.57. The molecule has 0 saturated carbocycles. The Labute approximate surface area is 128 Å². The Hall–Kier alpha value is -1.46. The SMILES string of the molecule is Fc1ccc(Cl)cc1CNc1ccc(Cl)c(C(F)(F)F)c1. The fraction of sp³-hybridized carbons (Fsp3) is 0.143. The van der Waals surface area contributed by atoms with Gasteiger partial charge in [-0.15, -0.1) is 0 Å². The highest BCUT2D eigenvalue weighted by atomic mass is 35.5. The zero-order valence-electron chi connectivity index (χ0n) is 10.4. The summed E-state index contributed by atoms with van der Waals surface area (Å²) in [7, 11) is 0. The van der Waals surface area contributed by atoms with Crippen LogP contribution in [0.25, 0.3) is 0 Å². The minimum atomic E-state index is -4.55. The fourth-order valence-electron chi connectivity index (χ4n) is 1.73. The van der Waals surface area contributed by atoms with Crippen LogP contribution in [0.1, 0.15) is 11.1 Å². The number of anilines is 1. The van der Waals surface area contributed by atoms with Gasteiger partial charge in [-0.1, -0.05) is 23.2 Å². The van der Waals surface area contributed by atoms with Gasteiger partial charge in [0.1, 0.15) is 5.82 Å². The highest BCUT2D eigenvalue weighted by Gasteiger charge is 2.33. The van der Waals surface area contributed by atoms with Crippen molar-refractivity contribution in [1.82, 2.24) is 0 Å². The summed E-state index contributed by atoms with van der Waals surface area (Å²) >= 11 is 11.3. The number of hydrogen-bond acceptors (Lipinski definition) is 1. The van der Waals surface area contributed by atoms with E-state index in [1.165, 1.54) is 24.3 Å². The van der Waals surface area contributed by atoms with E-state index >= 15 is 0 Å². The molecule has 0 amide bonds. The zero-order chi connectivity index (χ0) is 15.6. The maximum Gasteiger partial charge on any atom is 0.417 e. The molecule has 0 atom stereocenters. The van der Waals surface area contributed by atoms with Crippen molar-refractivity contribution in [1.29, 1.82) is 0 Å². The molecule has 0 saturated heterocycles. The molecule has 2 aromatic rings. The van der Waals surface area contributed by atoms with Gasteiger partial charge in [-0.2, -0.15) is 13.2 Å². The lowest BCUT2D eigenvalue weighted by Crippen LogP contribution is -2.08. The summed E-state index contributed by atoms with van der Waals surface area (Å²) in [6.45, 7) is 0.00528. The molecular weight excluding hydrogens is 329 g/mol. The molecule has 2 aromatic carbocycles. The number of halogens is 6. The molecule has 0 aliphatic heterocycles. The predicted molar refractivity (Wildman–Crippen MR) is 75.2 cm³/mol. The lowest BCUT2D eigenvalue weighted by molar-refractivity contribution is -0.137. The second-order valence-corrected chi connectivity index (χ2v) is 5.13. The van der Waals surface area contributed by atoms with Crippen molar-refractivity contribution in [2.75, 3.05) is 5.32 Å². The van der Waals surface area contributed by atoms with Crippen molar-refractivity contribution in [3.8, 4) is 0 Å². The molecule has 0 heterocycles. The van der Waals surface area contributed by atoms with Gasteiger partial charge in [0.25, 0.3) is 0 Å². The fourth-order valence-corrected chi connectivity index (χ4v) is 2.15. The highest BCUT2D eigenvalue weighted by Crippen LogP contribution is 2.36. The number of nitrogens with one attached hydrogen (secondary N) is 1. The molecule has 0 spiro atoms. The van der Waals surface area contributed by atoms with Crippen molar-refractivity contribution < 1.29 is 17.6 Å². The average molecular weight is 338 g/mol. The van der Waals surface area contributed by atoms with Crippen LogP contribution in [0.5, 0.6) is 0 Å². The van der Waals surface area contributed by atoms with E-state index in [2.05, 4.69) is 5.32 Å². The number of alkyl halides is 3. The molecular formula is C14H9Cl2F4N. The smallest absolute Gasteiger partial charge is 0.381 e. The van der Waals surface area contributed by atoms with Gasteiger partial charge in [0, 0.05) is 22.8 Å². The number of rotatable bonds is 3. The largest absolute Gasteiger partial charge is 0.417 e. The van der Waals surface area contributed by atoms with E-state index in [0.29, 0.717) is 5.02 Å². The third-order valence-corrected chi connectivity index (χ3v) is 3.33. The van der Waals surface area contributed by atoms with Gasteiger partial charge in [-0.05, 0) is 36.4 Å². The number of hydrogen-bond donors (Lipinski definition) is 1. The van der Waals surface area contributed by atoms with Crippen LogP contribution in [0.2, 0.25) is 10.0 Å². The molecule has 2 rings (SSSR count). The molecule has 112 valence electrons. The molecule has 0 radical (unpaired) electrons. The Bertz CT molecular complexity index is 656. The zero-order valence-corrected chi connectivity index (χ0v) is 12.0. The second kappa shape index (κ2) is 6.12. The quantitative estimate of drug-likeness (QED) is 0.701. The minimum absolute atomic E-state index is 0.00528. The van der Waals surface area contributed by atoms with Crippen LogP contribution in [-0.2, 0) is 12.7 Å². The van der Waals surface area contributed by atoms with Crippen LogP contribution >= 0.6 is 23.2 Å². The maximum absolute atomic E-state index is 13.5. The molecule has 21 heavy (non-hydrogen) atoms. The van der Waals surface area contributed by atoms with Gasteiger partial charge in [-0.25, -0.2) is 4.39 Å². The van der Waals surface area contributed by atoms with Gasteiger partial charge in [-0.3, -0.25) is 0 Å². The molecule has 0 fully saturated rings. The van der Waals surface area contributed by atoms with E-state index in [9.17, 15) is 17.6 Å². The molecule has 0 bridgehead atoms. The Kier molecular flexibility index (Phi) is 4.64. The van der Waals surface area contributed by atoms with Gasteiger partial charge in [0.2, 0.25) is 0 Å². The third-order valence-electron chi connectivity index (χ3n) is 2.76. The maximum atomic E-state index is 13.5. The molecule has 1 N–H and O–H groups in total. The first kappa shape index (κ1) is 15.9. The summed E-state index contributed by atoms with van der Waals surface area (Å²) in [6, 6.07) is 7.41. The van der Waals surface area contributed by atoms with Crippen LogP contribution < -0.4 is 5.32 Å². The lowest BCUT2D eigenvalue weighted by atomic mass is 10.1. The van der Waals surface area contributed by atoms with Crippen molar-refractivity contribution in [2.45, 2.75) is 12.7 Å². The Balaban J connectivity index is 2.19. The minimum Gasteiger partial charge on any atom is -0.381 e. The normalized spacial score (nSPS) is 11.5. The van der Waals surface area contributed by atoms with Crippen LogP contribution in [0.3, 0.4) is 0 Å². The molecule has 7 heteroatoms. The Morgan fingerprint density at radius 2 is 1.71 bits per heavy atom. The standard InChI is InChI=1S/C14H9Cl2F4N/c15-9-1-4-13(17)8(5-9)7-21-10-2-3-12(16)11(6-10)14(18,19)20/h1-6,21H,7H2. The molecule has 0 unspecified atom stereocenters. The number of benzene rings is 2. The van der Waals surface area contributed by atoms with Gasteiger partial charge < -0.3 is 5.32 Å². The average Bonchev–Trinajstić information content (AvgIpc) is 2.40. The van der Waals surface area contributed by atoms with Crippen LogP contribution in [0, 0.1) is 5.82 Å². The van der Waals surface area contributed by atoms with Gasteiger partial charge in [0.15, 0.2) is 0 Å². The van der Waals surface area contributed by atoms with Gasteiger partial charge in [0.05, 0.1) is 10.6 Å².